The minimum absolute atomic E-state index is 0.0254. The summed E-state index contributed by atoms with van der Waals surface area (Å²) in [6.07, 6.45) is 1.16. The van der Waals surface area contributed by atoms with Gasteiger partial charge in [-0.3, -0.25) is 0 Å². The molecule has 0 aromatic rings. The molecule has 1 saturated heterocycles. The number of sulfonamides is 1. The number of nitrogens with one attached hydrogen (secondary N) is 2. The molecule has 0 radical (unpaired) electrons. The Morgan fingerprint density at radius 3 is 2.29 bits per heavy atom. The zero-order valence-electron chi connectivity index (χ0n) is 9.98. The molecule has 0 amide bonds. The van der Waals surface area contributed by atoms with Gasteiger partial charge in [-0.15, -0.1) is 0 Å². The van der Waals surface area contributed by atoms with Crippen LogP contribution in [0.4, 0.5) is 0 Å². The van der Waals surface area contributed by atoms with Gasteiger partial charge in [0.05, 0.1) is 11.0 Å². The van der Waals surface area contributed by atoms with Crippen LogP contribution >= 0.6 is 0 Å². The van der Waals surface area contributed by atoms with E-state index < -0.39 is 25.1 Å². The highest BCUT2D eigenvalue weighted by molar-refractivity contribution is 7.91. The van der Waals surface area contributed by atoms with Gasteiger partial charge in [-0.1, -0.05) is 6.92 Å². The first-order chi connectivity index (χ1) is 7.87. The van der Waals surface area contributed by atoms with Crippen molar-refractivity contribution in [3.05, 3.63) is 0 Å². The van der Waals surface area contributed by atoms with Crippen LogP contribution < -0.4 is 10.0 Å². The average molecular weight is 284 g/mol. The van der Waals surface area contributed by atoms with Crippen molar-refractivity contribution >= 4 is 19.9 Å². The molecule has 1 aliphatic rings. The van der Waals surface area contributed by atoms with E-state index in [1.807, 2.05) is 0 Å². The first-order valence-corrected chi connectivity index (χ1v) is 9.14. The molecule has 2 N–H and O–H groups in total. The van der Waals surface area contributed by atoms with E-state index in [1.54, 1.807) is 6.92 Å². The smallest absolute Gasteiger partial charge is 0.214 e. The maximum Gasteiger partial charge on any atom is 0.214 e. The van der Waals surface area contributed by atoms with Crippen LogP contribution in [0.5, 0.6) is 0 Å². The summed E-state index contributed by atoms with van der Waals surface area (Å²) in [6, 6.07) is 0. The molecule has 6 nitrogen and oxygen atoms in total. The van der Waals surface area contributed by atoms with Crippen LogP contribution in [0.3, 0.4) is 0 Å². The molecule has 1 fully saturated rings. The molecule has 1 aliphatic heterocycles. The molecular weight excluding hydrogens is 264 g/mol. The molecule has 0 unspecified atom stereocenters. The largest absolute Gasteiger partial charge is 0.317 e. The van der Waals surface area contributed by atoms with Gasteiger partial charge in [0.1, 0.15) is 0 Å². The standard InChI is InChI=1S/C9H20N2O4S2/c1-2-16(12,13)8-7-11-17(14,15)9-3-5-10-6-4-9/h9-11H,2-8H2,1H3. The highest BCUT2D eigenvalue weighted by atomic mass is 32.2. The van der Waals surface area contributed by atoms with Gasteiger partial charge < -0.3 is 5.32 Å². The highest BCUT2D eigenvalue weighted by Gasteiger charge is 2.26. The molecule has 1 heterocycles. The minimum Gasteiger partial charge on any atom is -0.317 e. The molecular formula is C9H20N2O4S2. The van der Waals surface area contributed by atoms with Gasteiger partial charge in [-0.25, -0.2) is 21.6 Å². The minimum atomic E-state index is -3.37. The summed E-state index contributed by atoms with van der Waals surface area (Å²) in [6.45, 7) is 2.91. The fourth-order valence-corrected chi connectivity index (χ4v) is 4.02. The lowest BCUT2D eigenvalue weighted by Gasteiger charge is -2.22. The van der Waals surface area contributed by atoms with Gasteiger partial charge in [0, 0.05) is 12.3 Å². The molecule has 17 heavy (non-hydrogen) atoms. The third-order valence-electron chi connectivity index (χ3n) is 2.88. The van der Waals surface area contributed by atoms with Crippen LogP contribution in [0.25, 0.3) is 0 Å². The molecule has 0 saturated carbocycles. The van der Waals surface area contributed by atoms with Gasteiger partial charge in [0.2, 0.25) is 10.0 Å². The van der Waals surface area contributed by atoms with E-state index in [2.05, 4.69) is 10.0 Å². The summed E-state index contributed by atoms with van der Waals surface area (Å²) >= 11 is 0. The maximum atomic E-state index is 11.8. The Balaban J connectivity index is 2.44. The monoisotopic (exact) mass is 284 g/mol. The summed E-state index contributed by atoms with van der Waals surface area (Å²) in [7, 11) is -6.48. The summed E-state index contributed by atoms with van der Waals surface area (Å²) < 4.78 is 48.5. The second-order valence-electron chi connectivity index (χ2n) is 4.13. The maximum absolute atomic E-state index is 11.8. The zero-order valence-corrected chi connectivity index (χ0v) is 11.6. The van der Waals surface area contributed by atoms with Crippen molar-refractivity contribution in [3.63, 3.8) is 0 Å². The van der Waals surface area contributed by atoms with E-state index >= 15 is 0 Å². The van der Waals surface area contributed by atoms with Crippen LogP contribution in [0.1, 0.15) is 19.8 Å². The van der Waals surface area contributed by atoms with Crippen molar-refractivity contribution in [2.45, 2.75) is 25.0 Å². The molecule has 0 atom stereocenters. The molecule has 1 rings (SSSR count). The van der Waals surface area contributed by atoms with E-state index in [0.29, 0.717) is 25.9 Å². The van der Waals surface area contributed by atoms with E-state index in [9.17, 15) is 16.8 Å². The van der Waals surface area contributed by atoms with E-state index in [4.69, 9.17) is 0 Å². The Labute approximate surface area is 103 Å². The number of rotatable bonds is 6. The van der Waals surface area contributed by atoms with Gasteiger partial charge >= 0.3 is 0 Å². The summed E-state index contributed by atoms with van der Waals surface area (Å²) in [5.74, 6) is -0.0875. The van der Waals surface area contributed by atoms with Crippen LogP contribution in [-0.4, -0.2) is 53.2 Å². The van der Waals surface area contributed by atoms with Crippen molar-refractivity contribution in [2.75, 3.05) is 31.1 Å². The van der Waals surface area contributed by atoms with Crippen molar-refractivity contribution in [1.82, 2.24) is 10.0 Å². The van der Waals surface area contributed by atoms with Crippen molar-refractivity contribution in [3.8, 4) is 0 Å². The van der Waals surface area contributed by atoms with Gasteiger partial charge in [0.25, 0.3) is 0 Å². The Morgan fingerprint density at radius 2 is 1.76 bits per heavy atom. The second-order valence-corrected chi connectivity index (χ2v) is 8.64. The highest BCUT2D eigenvalue weighted by Crippen LogP contribution is 2.11. The van der Waals surface area contributed by atoms with Crippen LogP contribution in [-0.2, 0) is 19.9 Å². The number of sulfone groups is 1. The molecule has 0 aromatic carbocycles. The van der Waals surface area contributed by atoms with Crippen molar-refractivity contribution in [2.24, 2.45) is 0 Å². The molecule has 8 heteroatoms. The lowest BCUT2D eigenvalue weighted by molar-refractivity contribution is 0.490. The average Bonchev–Trinajstić information content (AvgIpc) is 2.30. The van der Waals surface area contributed by atoms with E-state index in [1.165, 1.54) is 0 Å². The lowest BCUT2D eigenvalue weighted by Crippen LogP contribution is -2.42. The molecule has 0 spiro atoms. The SMILES string of the molecule is CCS(=O)(=O)CCNS(=O)(=O)C1CCNCC1. The third kappa shape index (κ3) is 4.90. The van der Waals surface area contributed by atoms with Gasteiger partial charge in [-0.05, 0) is 25.9 Å². The quantitative estimate of drug-likeness (QED) is 0.659. The fraction of sp³-hybridized carbons (Fsp3) is 1.00. The normalized spacial score (nSPS) is 19.4. The topological polar surface area (TPSA) is 92.3 Å². The Morgan fingerprint density at radius 1 is 1.18 bits per heavy atom. The summed E-state index contributed by atoms with van der Waals surface area (Å²) in [5, 5.41) is 2.69. The molecule has 0 bridgehead atoms. The molecule has 0 aliphatic carbocycles. The second kappa shape index (κ2) is 6.12. The first kappa shape index (κ1) is 14.9. The molecule has 0 aromatic heterocycles. The number of hydrogen-bond donors (Lipinski definition) is 2. The Hall–Kier alpha value is -0.180. The fourth-order valence-electron chi connectivity index (χ4n) is 1.71. The number of hydrogen-bond acceptors (Lipinski definition) is 5. The van der Waals surface area contributed by atoms with Crippen LogP contribution in [0.15, 0.2) is 0 Å². The van der Waals surface area contributed by atoms with E-state index in [0.717, 1.165) is 0 Å². The first-order valence-electron chi connectivity index (χ1n) is 5.77. The number of piperidine rings is 1. The van der Waals surface area contributed by atoms with Gasteiger partial charge in [0.15, 0.2) is 9.84 Å². The van der Waals surface area contributed by atoms with Crippen LogP contribution in [0, 0.1) is 0 Å². The predicted octanol–water partition coefficient (Wildman–Crippen LogP) is -0.907. The third-order valence-corrected chi connectivity index (χ3v) is 6.54. The Bertz CT molecular complexity index is 424. The Kier molecular flexibility index (Phi) is 5.36. The summed E-state index contributed by atoms with van der Waals surface area (Å²) in [4.78, 5) is 0. The predicted molar refractivity (Wildman–Crippen MR) is 67.1 cm³/mol. The van der Waals surface area contributed by atoms with Crippen LogP contribution in [0.2, 0.25) is 0 Å². The van der Waals surface area contributed by atoms with Gasteiger partial charge in [-0.2, -0.15) is 0 Å². The molecule has 102 valence electrons. The van der Waals surface area contributed by atoms with Crippen molar-refractivity contribution in [1.29, 1.82) is 0 Å². The zero-order chi connectivity index (χ0) is 12.9. The van der Waals surface area contributed by atoms with Crippen molar-refractivity contribution < 1.29 is 16.8 Å². The lowest BCUT2D eigenvalue weighted by atomic mass is 10.2. The van der Waals surface area contributed by atoms with E-state index in [-0.39, 0.29) is 18.1 Å². The summed E-state index contributed by atoms with van der Waals surface area (Å²) in [5.41, 5.74) is 0.